The average molecular weight is 999 g/mol. The number of carbonyl (C=O) groups excluding carboxylic acids is 8. The van der Waals surface area contributed by atoms with Gasteiger partial charge in [-0.2, -0.15) is 0 Å². The van der Waals surface area contributed by atoms with Gasteiger partial charge in [-0.25, -0.2) is 0 Å². The van der Waals surface area contributed by atoms with E-state index in [1.54, 1.807) is 0 Å². The molecule has 0 spiro atoms. The van der Waals surface area contributed by atoms with Crippen molar-refractivity contribution in [2.75, 3.05) is 26.4 Å². The lowest BCUT2D eigenvalue weighted by atomic mass is 9.96. The Morgan fingerprint density at radius 2 is 0.944 bits per heavy atom. The second-order valence-electron chi connectivity index (χ2n) is 16.8. The summed E-state index contributed by atoms with van der Waals surface area (Å²) in [6.45, 7) is 8.16. The minimum absolute atomic E-state index is 0.343. The molecule has 0 aromatic heterocycles. The number of carbonyl (C=O) groups is 8. The number of nitrogens with one attached hydrogen (secondary N) is 1. The summed E-state index contributed by atoms with van der Waals surface area (Å²) in [6, 6.07) is 17.1. The van der Waals surface area contributed by atoms with Gasteiger partial charge in [0, 0.05) is 66.1 Å². The molecule has 1 N–H and O–H groups in total. The standard InChI is InChI=1S/C50H66N2O19/c1-9-10-11-12-13-20-25-51-48(60)38(52-41(36-21-16-14-17-22-36)37-23-18-15-19-24-37)26-63-49-46(67-34(7)58)45(66-33(6)57)43(40(69-49)28-62-30(3)54)71-50-47(68-35(8)59)44(65-32(5)56)42(64-31(4)55)39(70-50)27-61-29(2)53/h14-19,21-24,38-40,42-47,49-50H,9-13,20,25-28H2,1-8H3,(H,51,60)/t38-,39+,40+,42-,43+,44-,45-,46+,47+,49+,50-/m0/s1. The number of esters is 7. The van der Waals surface area contributed by atoms with Gasteiger partial charge in [-0.1, -0.05) is 99.7 Å². The van der Waals surface area contributed by atoms with E-state index in [4.69, 9.17) is 57.1 Å². The monoisotopic (exact) mass is 998 g/mol. The van der Waals surface area contributed by atoms with Crippen LogP contribution in [0.15, 0.2) is 65.7 Å². The van der Waals surface area contributed by atoms with Gasteiger partial charge in [0.05, 0.1) is 12.3 Å². The fourth-order valence-corrected chi connectivity index (χ4v) is 7.86. The first-order valence-electron chi connectivity index (χ1n) is 23.6. The first kappa shape index (κ1) is 57.3. The lowest BCUT2D eigenvalue weighted by molar-refractivity contribution is -0.361. The molecule has 0 unspecified atom stereocenters. The highest BCUT2D eigenvalue weighted by Crippen LogP contribution is 2.36. The van der Waals surface area contributed by atoms with Crippen LogP contribution in [0.1, 0.15) is 105 Å². The number of unbranched alkanes of at least 4 members (excludes halogenated alkanes) is 5. The maximum atomic E-state index is 14.2. The summed E-state index contributed by atoms with van der Waals surface area (Å²) >= 11 is 0. The Kier molecular flexibility index (Phi) is 23.5. The zero-order chi connectivity index (χ0) is 52.0. The van der Waals surface area contributed by atoms with Gasteiger partial charge in [0.25, 0.3) is 0 Å². The van der Waals surface area contributed by atoms with Gasteiger partial charge in [-0.15, -0.1) is 0 Å². The van der Waals surface area contributed by atoms with Crippen LogP contribution < -0.4 is 5.32 Å². The van der Waals surface area contributed by atoms with Crippen molar-refractivity contribution in [1.29, 1.82) is 0 Å². The third kappa shape index (κ3) is 18.8. The van der Waals surface area contributed by atoms with Crippen molar-refractivity contribution >= 4 is 53.4 Å². The van der Waals surface area contributed by atoms with E-state index in [1.165, 1.54) is 0 Å². The van der Waals surface area contributed by atoms with E-state index in [0.29, 0.717) is 29.8 Å². The predicted molar refractivity (Wildman–Crippen MR) is 248 cm³/mol. The maximum Gasteiger partial charge on any atom is 0.303 e. The predicted octanol–water partition coefficient (Wildman–Crippen LogP) is 4.01. The van der Waals surface area contributed by atoms with E-state index >= 15 is 0 Å². The summed E-state index contributed by atoms with van der Waals surface area (Å²) < 4.78 is 64.2. The van der Waals surface area contributed by atoms with Crippen molar-refractivity contribution in [2.45, 2.75) is 161 Å². The lowest BCUT2D eigenvalue weighted by Gasteiger charge is -2.48. The number of hydrogen-bond acceptors (Lipinski definition) is 20. The molecule has 11 atom stereocenters. The molecule has 2 fully saturated rings. The maximum absolute atomic E-state index is 14.2. The Bertz CT molecular complexity index is 2080. The largest absolute Gasteiger partial charge is 0.463 e. The van der Waals surface area contributed by atoms with Crippen molar-refractivity contribution in [3.05, 3.63) is 71.8 Å². The molecule has 2 aliphatic rings. The zero-order valence-electron chi connectivity index (χ0n) is 41.4. The number of benzene rings is 2. The van der Waals surface area contributed by atoms with Crippen molar-refractivity contribution in [3.8, 4) is 0 Å². The number of rotatable bonds is 25. The smallest absolute Gasteiger partial charge is 0.303 e. The molecule has 21 nitrogen and oxygen atoms in total. The summed E-state index contributed by atoms with van der Waals surface area (Å²) in [5.41, 5.74) is 1.84. The van der Waals surface area contributed by atoms with E-state index < -0.39 is 135 Å². The molecule has 1 amide bonds. The molecule has 2 aromatic rings. The van der Waals surface area contributed by atoms with Crippen LogP contribution in [0.4, 0.5) is 0 Å². The minimum atomic E-state index is -1.87. The molecule has 71 heavy (non-hydrogen) atoms. The lowest BCUT2D eigenvalue weighted by Crippen LogP contribution is -2.67. The Hall–Kier alpha value is -6.29. The van der Waals surface area contributed by atoms with Gasteiger partial charge in [0.2, 0.25) is 5.91 Å². The van der Waals surface area contributed by atoms with Crippen LogP contribution in [0, 0.1) is 0 Å². The molecule has 2 aromatic carbocycles. The highest BCUT2D eigenvalue weighted by molar-refractivity contribution is 6.13. The Morgan fingerprint density at radius 1 is 0.521 bits per heavy atom. The van der Waals surface area contributed by atoms with Crippen LogP contribution in [0.2, 0.25) is 0 Å². The molecular formula is C50H66N2O19. The molecule has 2 aliphatic heterocycles. The second kappa shape index (κ2) is 29.1. The SMILES string of the molecule is CCCCCCCCNC(=O)[C@H](CO[C@@H]1O[C@H](COC(C)=O)[C@@H](O[C@@H]2O[C@H](COC(C)=O)[C@H](OC(C)=O)[C@H](OC(C)=O)[C@H]2OC(C)=O)[C@H](OC(C)=O)[C@H]1OC(C)=O)N=C(c1ccccc1)c1ccccc1. The summed E-state index contributed by atoms with van der Waals surface area (Å²) in [5, 5.41) is 2.97. The summed E-state index contributed by atoms with van der Waals surface area (Å²) in [5.74, 6) is -6.64. The van der Waals surface area contributed by atoms with Gasteiger partial charge < -0.3 is 57.4 Å². The quantitative estimate of drug-likeness (QED) is 0.0638. The van der Waals surface area contributed by atoms with E-state index in [9.17, 15) is 38.4 Å². The van der Waals surface area contributed by atoms with Crippen molar-refractivity contribution < 1.29 is 90.5 Å². The molecular weight excluding hydrogens is 933 g/mol. The highest BCUT2D eigenvalue weighted by Gasteiger charge is 2.58. The molecule has 0 radical (unpaired) electrons. The topological polar surface area (TPSA) is 262 Å². The van der Waals surface area contributed by atoms with Crippen LogP contribution in [-0.4, -0.2) is 147 Å². The normalized spacial score (nSPS) is 24.2. The second-order valence-corrected chi connectivity index (χ2v) is 16.8. The molecule has 2 saturated heterocycles. The van der Waals surface area contributed by atoms with E-state index in [-0.39, 0.29) is 0 Å². The Balaban J connectivity index is 1.81. The van der Waals surface area contributed by atoms with E-state index in [2.05, 4.69) is 12.2 Å². The van der Waals surface area contributed by atoms with Crippen molar-refractivity contribution in [1.82, 2.24) is 5.32 Å². The fraction of sp³-hybridized carbons (Fsp3) is 0.580. The summed E-state index contributed by atoms with van der Waals surface area (Å²) in [6.07, 6.45) is -10.8. The van der Waals surface area contributed by atoms with Crippen LogP contribution in [0.25, 0.3) is 0 Å². The zero-order valence-corrected chi connectivity index (χ0v) is 41.4. The average Bonchev–Trinajstić information content (AvgIpc) is 3.30. The number of hydrogen-bond donors (Lipinski definition) is 1. The summed E-state index contributed by atoms with van der Waals surface area (Å²) in [4.78, 5) is 107. The van der Waals surface area contributed by atoms with Crippen molar-refractivity contribution in [2.24, 2.45) is 4.99 Å². The molecule has 4 rings (SSSR count). The highest BCUT2D eigenvalue weighted by atomic mass is 16.8. The molecule has 0 bridgehead atoms. The van der Waals surface area contributed by atoms with Crippen LogP contribution >= 0.6 is 0 Å². The van der Waals surface area contributed by atoms with E-state index in [0.717, 1.165) is 80.6 Å². The van der Waals surface area contributed by atoms with Gasteiger partial charge in [-0.3, -0.25) is 43.3 Å². The fourth-order valence-electron chi connectivity index (χ4n) is 7.86. The third-order valence-corrected chi connectivity index (χ3v) is 10.8. The molecule has 21 heteroatoms. The molecule has 390 valence electrons. The van der Waals surface area contributed by atoms with Crippen LogP contribution in [0.5, 0.6) is 0 Å². The van der Waals surface area contributed by atoms with Gasteiger partial charge >= 0.3 is 41.8 Å². The van der Waals surface area contributed by atoms with Gasteiger partial charge in [-0.05, 0) is 6.42 Å². The van der Waals surface area contributed by atoms with Crippen LogP contribution in [0.3, 0.4) is 0 Å². The minimum Gasteiger partial charge on any atom is -0.463 e. The Labute approximate surface area is 412 Å². The molecule has 0 aliphatic carbocycles. The van der Waals surface area contributed by atoms with E-state index in [1.807, 2.05) is 60.7 Å². The van der Waals surface area contributed by atoms with Gasteiger partial charge in [0.15, 0.2) is 49.1 Å². The Morgan fingerprint density at radius 3 is 1.44 bits per heavy atom. The first-order valence-corrected chi connectivity index (χ1v) is 23.6. The number of amides is 1. The number of aliphatic imine (C=N–C) groups is 1. The third-order valence-electron chi connectivity index (χ3n) is 10.8. The summed E-state index contributed by atoms with van der Waals surface area (Å²) in [7, 11) is 0. The molecule has 2 heterocycles. The van der Waals surface area contributed by atoms with Gasteiger partial charge in [0.1, 0.15) is 31.5 Å². The number of nitrogens with zero attached hydrogens (tertiary/aromatic N) is 1. The van der Waals surface area contributed by atoms with Crippen LogP contribution in [-0.2, 0) is 90.5 Å². The van der Waals surface area contributed by atoms with Crippen molar-refractivity contribution in [3.63, 3.8) is 0 Å². The first-order chi connectivity index (χ1) is 33.9. The number of ether oxygens (including phenoxy) is 11. The molecule has 0 saturated carbocycles.